The first-order valence-corrected chi connectivity index (χ1v) is 8.72. The number of hydrogen-bond donors (Lipinski definition) is 0. The Bertz CT molecular complexity index is 755. The van der Waals surface area contributed by atoms with Crippen molar-refractivity contribution in [1.29, 1.82) is 0 Å². The van der Waals surface area contributed by atoms with E-state index in [2.05, 4.69) is 25.0 Å². The third-order valence-electron chi connectivity index (χ3n) is 5.21. The lowest BCUT2D eigenvalue weighted by Crippen LogP contribution is -2.45. The van der Waals surface area contributed by atoms with Crippen molar-refractivity contribution in [2.75, 3.05) is 11.5 Å². The molecule has 0 N–H and O–H groups in total. The van der Waals surface area contributed by atoms with E-state index in [0.29, 0.717) is 19.1 Å². The minimum absolute atomic E-state index is 0.179. The summed E-state index contributed by atoms with van der Waals surface area (Å²) in [6.45, 7) is 4.96. The summed E-state index contributed by atoms with van der Waals surface area (Å²) < 4.78 is 7.69. The van der Waals surface area contributed by atoms with Crippen LogP contribution in [0.15, 0.2) is 36.5 Å². The van der Waals surface area contributed by atoms with Crippen LogP contribution in [0, 0.1) is 0 Å². The first-order chi connectivity index (χ1) is 11.6. The minimum atomic E-state index is 0.179. The van der Waals surface area contributed by atoms with Crippen molar-refractivity contribution < 1.29 is 9.53 Å². The van der Waals surface area contributed by atoms with Crippen molar-refractivity contribution in [1.82, 2.24) is 9.78 Å². The molecule has 1 amide bonds. The summed E-state index contributed by atoms with van der Waals surface area (Å²) in [7, 11) is 0. The highest BCUT2D eigenvalue weighted by atomic mass is 16.5. The summed E-state index contributed by atoms with van der Waals surface area (Å²) in [6.07, 6.45) is 4.13. The normalized spacial score (nSPS) is 25.6. The Morgan fingerprint density at radius 2 is 2.08 bits per heavy atom. The van der Waals surface area contributed by atoms with E-state index in [1.165, 1.54) is 0 Å². The molecule has 3 atom stereocenters. The Labute approximate surface area is 142 Å². The lowest BCUT2D eigenvalue weighted by Gasteiger charge is -2.38. The minimum Gasteiger partial charge on any atom is -0.493 e. The number of aromatic nitrogens is 2. The summed E-state index contributed by atoms with van der Waals surface area (Å²) in [6, 6.07) is 10.6. The van der Waals surface area contributed by atoms with Gasteiger partial charge in [0.25, 0.3) is 0 Å². The van der Waals surface area contributed by atoms with E-state index in [0.717, 1.165) is 30.0 Å². The zero-order chi connectivity index (χ0) is 16.7. The molecule has 5 heteroatoms. The lowest BCUT2D eigenvalue weighted by molar-refractivity contribution is -0.119. The maximum absolute atomic E-state index is 13.1. The smallest absolute Gasteiger partial charge is 0.229 e. The fourth-order valence-corrected chi connectivity index (χ4v) is 4.07. The van der Waals surface area contributed by atoms with Crippen LogP contribution < -0.4 is 9.64 Å². The van der Waals surface area contributed by atoms with Gasteiger partial charge in [0.05, 0.1) is 18.8 Å². The predicted octanol–water partition coefficient (Wildman–Crippen LogP) is 3.53. The van der Waals surface area contributed by atoms with Gasteiger partial charge >= 0.3 is 0 Å². The Hall–Kier alpha value is -2.30. The molecular weight excluding hydrogens is 302 g/mol. The second-order valence-corrected chi connectivity index (χ2v) is 6.91. The highest BCUT2D eigenvalue weighted by Crippen LogP contribution is 2.38. The van der Waals surface area contributed by atoms with Gasteiger partial charge in [-0.2, -0.15) is 5.10 Å². The number of anilines is 1. The van der Waals surface area contributed by atoms with Gasteiger partial charge in [-0.25, -0.2) is 4.68 Å². The van der Waals surface area contributed by atoms with Crippen LogP contribution in [-0.2, 0) is 4.79 Å². The van der Waals surface area contributed by atoms with E-state index in [1.54, 1.807) is 6.20 Å². The fraction of sp³-hybridized carbons (Fsp3) is 0.474. The number of carbonyl (C=O) groups excluding carboxylic acids is 1. The molecule has 2 aliphatic heterocycles. The molecule has 1 aromatic heterocycles. The monoisotopic (exact) mass is 325 g/mol. The summed E-state index contributed by atoms with van der Waals surface area (Å²) in [5.41, 5.74) is 1.16. The Balaban J connectivity index is 1.59. The highest BCUT2D eigenvalue weighted by molar-refractivity contribution is 5.94. The summed E-state index contributed by atoms with van der Waals surface area (Å²) in [5, 5.41) is 4.39. The zero-order valence-corrected chi connectivity index (χ0v) is 14.2. The first-order valence-electron chi connectivity index (χ1n) is 8.72. The molecule has 3 heterocycles. The number of hydrogen-bond acceptors (Lipinski definition) is 3. The maximum atomic E-state index is 13.1. The van der Waals surface area contributed by atoms with Crippen LogP contribution in [0.5, 0.6) is 5.75 Å². The molecule has 0 spiro atoms. The van der Waals surface area contributed by atoms with Crippen LogP contribution in [-0.4, -0.2) is 28.3 Å². The Morgan fingerprint density at radius 3 is 2.96 bits per heavy atom. The van der Waals surface area contributed by atoms with Crippen LogP contribution in [0.3, 0.4) is 0 Å². The van der Waals surface area contributed by atoms with E-state index in [4.69, 9.17) is 4.74 Å². The average molecular weight is 325 g/mol. The molecule has 24 heavy (non-hydrogen) atoms. The third-order valence-corrected chi connectivity index (χ3v) is 5.21. The fourth-order valence-electron chi connectivity index (χ4n) is 4.07. The zero-order valence-electron chi connectivity index (χ0n) is 14.2. The predicted molar refractivity (Wildman–Crippen MR) is 92.4 cm³/mol. The number of amides is 1. The van der Waals surface area contributed by atoms with E-state index in [1.807, 2.05) is 33.8 Å². The van der Waals surface area contributed by atoms with Crippen LogP contribution in [0.25, 0.3) is 0 Å². The number of rotatable bonds is 2. The van der Waals surface area contributed by atoms with E-state index in [9.17, 15) is 4.79 Å². The van der Waals surface area contributed by atoms with Crippen molar-refractivity contribution in [3.05, 3.63) is 42.1 Å². The number of nitrogens with zero attached hydrogens (tertiary/aromatic N) is 3. The van der Waals surface area contributed by atoms with Crippen LogP contribution >= 0.6 is 0 Å². The van der Waals surface area contributed by atoms with Gasteiger partial charge in [-0.3, -0.25) is 9.69 Å². The van der Waals surface area contributed by atoms with Crippen molar-refractivity contribution in [3.8, 4) is 5.75 Å². The number of para-hydroxylation sites is 1. The van der Waals surface area contributed by atoms with Gasteiger partial charge in [-0.15, -0.1) is 0 Å². The number of carbonyl (C=O) groups is 1. The van der Waals surface area contributed by atoms with Gasteiger partial charge < -0.3 is 4.74 Å². The van der Waals surface area contributed by atoms with Gasteiger partial charge in [0.1, 0.15) is 11.6 Å². The topological polar surface area (TPSA) is 47.4 Å². The number of benzene rings is 1. The molecule has 0 saturated carbocycles. The second-order valence-electron chi connectivity index (χ2n) is 6.91. The summed E-state index contributed by atoms with van der Waals surface area (Å²) in [5.74, 6) is 2.25. The molecule has 0 bridgehead atoms. The first kappa shape index (κ1) is 15.2. The molecule has 2 aromatic rings. The lowest BCUT2D eigenvalue weighted by atomic mass is 9.89. The van der Waals surface area contributed by atoms with Gasteiger partial charge in [0.15, 0.2) is 0 Å². The van der Waals surface area contributed by atoms with Crippen LogP contribution in [0.1, 0.15) is 50.6 Å². The molecule has 0 aliphatic carbocycles. The molecule has 0 saturated heterocycles. The van der Waals surface area contributed by atoms with Crippen LogP contribution in [0.4, 0.5) is 5.82 Å². The maximum Gasteiger partial charge on any atom is 0.229 e. The molecule has 0 unspecified atom stereocenters. The van der Waals surface area contributed by atoms with Crippen LogP contribution in [0.2, 0.25) is 0 Å². The SMILES string of the molecule is C[C@@H]1C[C@@H](C)n2nccc2N1C(=O)C[C@H]1CCOc2ccccc21. The Kier molecular flexibility index (Phi) is 3.79. The van der Waals surface area contributed by atoms with E-state index in [-0.39, 0.29) is 17.9 Å². The molecule has 4 rings (SSSR count). The van der Waals surface area contributed by atoms with E-state index >= 15 is 0 Å². The number of fused-ring (bicyclic) bond motifs is 2. The van der Waals surface area contributed by atoms with Crippen molar-refractivity contribution in [2.24, 2.45) is 0 Å². The summed E-state index contributed by atoms with van der Waals surface area (Å²) >= 11 is 0. The quantitative estimate of drug-likeness (QED) is 0.848. The second kappa shape index (κ2) is 5.96. The molecule has 0 radical (unpaired) electrons. The van der Waals surface area contributed by atoms with Crippen molar-refractivity contribution in [3.63, 3.8) is 0 Å². The van der Waals surface area contributed by atoms with Crippen molar-refractivity contribution in [2.45, 2.75) is 51.1 Å². The average Bonchev–Trinajstić information content (AvgIpc) is 3.05. The van der Waals surface area contributed by atoms with E-state index < -0.39 is 0 Å². The Morgan fingerprint density at radius 1 is 1.25 bits per heavy atom. The standard InChI is InChI=1S/C19H23N3O2/c1-13-11-14(2)22-18(7-9-20-22)21(13)19(23)12-15-8-10-24-17-6-4-3-5-16(15)17/h3-7,9,13-15H,8,10-12H2,1-2H3/t13-,14-,15-/m1/s1. The summed E-state index contributed by atoms with van der Waals surface area (Å²) in [4.78, 5) is 15.0. The molecule has 2 aliphatic rings. The molecule has 1 aromatic carbocycles. The molecule has 0 fully saturated rings. The van der Waals surface area contributed by atoms with Crippen molar-refractivity contribution >= 4 is 11.7 Å². The largest absolute Gasteiger partial charge is 0.493 e. The molecular formula is C19H23N3O2. The van der Waals surface area contributed by atoms with Gasteiger partial charge in [0, 0.05) is 18.5 Å². The van der Waals surface area contributed by atoms with Gasteiger partial charge in [-0.05, 0) is 44.2 Å². The molecule has 126 valence electrons. The highest BCUT2D eigenvalue weighted by Gasteiger charge is 2.34. The number of ether oxygens (including phenoxy) is 1. The molecule has 5 nitrogen and oxygen atoms in total. The van der Waals surface area contributed by atoms with Gasteiger partial charge in [-0.1, -0.05) is 18.2 Å². The third kappa shape index (κ3) is 2.48. The van der Waals surface area contributed by atoms with Gasteiger partial charge in [0.2, 0.25) is 5.91 Å².